The van der Waals surface area contributed by atoms with Gasteiger partial charge in [-0.3, -0.25) is 0 Å². The molecule has 0 radical (unpaired) electrons. The molecular weight excluding hydrogens is 421 g/mol. The van der Waals surface area contributed by atoms with Crippen molar-refractivity contribution in [3.63, 3.8) is 0 Å². The monoisotopic (exact) mass is 438 g/mol. The van der Waals surface area contributed by atoms with Crippen LogP contribution in [-0.2, 0) is 11.2 Å². The van der Waals surface area contributed by atoms with Crippen molar-refractivity contribution in [2.24, 2.45) is 5.10 Å². The number of halogens is 4. The predicted octanol–water partition coefficient (Wildman–Crippen LogP) is 5.91. The Bertz CT molecular complexity index is 1000. The lowest BCUT2D eigenvalue weighted by atomic mass is 9.94. The minimum atomic E-state index is -4.83. The summed E-state index contributed by atoms with van der Waals surface area (Å²) in [5.74, 6) is -0.188. The minimum absolute atomic E-state index is 0.193. The van der Waals surface area contributed by atoms with Crippen molar-refractivity contribution in [1.82, 2.24) is 5.01 Å². The molecule has 1 heterocycles. The maximum atomic E-state index is 12.7. The van der Waals surface area contributed by atoms with Crippen molar-refractivity contribution in [3.8, 4) is 5.75 Å². The zero-order chi connectivity index (χ0) is 22.1. The van der Waals surface area contributed by atoms with Crippen LogP contribution in [0.25, 0.3) is 0 Å². The van der Waals surface area contributed by atoms with Crippen LogP contribution in [0.15, 0.2) is 59.9 Å². The summed E-state index contributed by atoms with van der Waals surface area (Å²) in [6, 6.07) is 10.2. The maximum Gasteiger partial charge on any atom is 0.573 e. The van der Waals surface area contributed by atoms with E-state index in [1.807, 2.05) is 0 Å². The van der Waals surface area contributed by atoms with Gasteiger partial charge in [0, 0.05) is 16.1 Å². The van der Waals surface area contributed by atoms with Crippen molar-refractivity contribution < 1.29 is 27.4 Å². The smallest absolute Gasteiger partial charge is 0.414 e. The van der Waals surface area contributed by atoms with Crippen molar-refractivity contribution in [2.45, 2.75) is 32.7 Å². The van der Waals surface area contributed by atoms with E-state index in [0.29, 0.717) is 28.1 Å². The first-order chi connectivity index (χ1) is 14.0. The van der Waals surface area contributed by atoms with Crippen LogP contribution in [0, 0.1) is 0 Å². The lowest BCUT2D eigenvalue weighted by Crippen LogP contribution is -2.35. The van der Waals surface area contributed by atoms with E-state index in [-0.39, 0.29) is 17.2 Å². The van der Waals surface area contributed by atoms with Gasteiger partial charge in [-0.05, 0) is 50.1 Å². The van der Waals surface area contributed by atoms with E-state index < -0.39 is 18.5 Å². The lowest BCUT2D eigenvalue weighted by Gasteiger charge is -2.22. The molecular formula is C21H18ClF3N2O3. The molecule has 0 fully saturated rings. The molecule has 9 heteroatoms. The number of hydrazone groups is 1. The Morgan fingerprint density at radius 3 is 2.50 bits per heavy atom. The molecule has 0 aliphatic carbocycles. The van der Waals surface area contributed by atoms with E-state index >= 15 is 0 Å². The summed E-state index contributed by atoms with van der Waals surface area (Å²) in [6.07, 6.45) is -5.23. The third kappa shape index (κ3) is 5.13. The highest BCUT2D eigenvalue weighted by Gasteiger charge is 2.33. The highest BCUT2D eigenvalue weighted by molar-refractivity contribution is 6.30. The highest BCUT2D eigenvalue weighted by atomic mass is 35.5. The number of carbonyl (C=O) groups excluding carboxylic acids is 1. The molecule has 0 saturated heterocycles. The zero-order valence-corrected chi connectivity index (χ0v) is 16.9. The number of rotatable bonds is 3. The van der Waals surface area contributed by atoms with Gasteiger partial charge in [-0.2, -0.15) is 10.1 Å². The van der Waals surface area contributed by atoms with Gasteiger partial charge in [-0.25, -0.2) is 4.79 Å². The Kier molecular flexibility index (Phi) is 6.07. The third-order valence-electron chi connectivity index (χ3n) is 4.28. The summed E-state index contributed by atoms with van der Waals surface area (Å²) in [7, 11) is 0. The molecule has 30 heavy (non-hydrogen) atoms. The fourth-order valence-electron chi connectivity index (χ4n) is 3.05. The van der Waals surface area contributed by atoms with Crippen LogP contribution in [0.1, 0.15) is 30.5 Å². The molecule has 1 aliphatic heterocycles. The van der Waals surface area contributed by atoms with Gasteiger partial charge in [0.2, 0.25) is 0 Å². The number of ether oxygens (including phenoxy) is 2. The highest BCUT2D eigenvalue weighted by Crippen LogP contribution is 2.30. The normalized spacial score (nSPS) is 16.3. The summed E-state index contributed by atoms with van der Waals surface area (Å²) in [6.45, 7) is 6.84. The standard InChI is InChI=1S/C21H18ClF3N2O3/c1-12(2)29-20(28)27-13(3)10-15-6-9-17(30-21(23,24)25)11-18(15)19(26-27)14-4-7-16(22)8-5-14/h4-9,11,13H,1,10H2,2-3H3. The second-order valence-corrected chi connectivity index (χ2v) is 7.23. The molecule has 1 aliphatic rings. The third-order valence-corrected chi connectivity index (χ3v) is 4.53. The van der Waals surface area contributed by atoms with Gasteiger partial charge in [0.15, 0.2) is 0 Å². The molecule has 2 aromatic carbocycles. The Morgan fingerprint density at radius 2 is 1.90 bits per heavy atom. The van der Waals surface area contributed by atoms with Gasteiger partial charge >= 0.3 is 12.5 Å². The summed E-state index contributed by atoms with van der Waals surface area (Å²) in [4.78, 5) is 12.5. The Balaban J connectivity index is 2.15. The van der Waals surface area contributed by atoms with Crippen molar-refractivity contribution >= 4 is 23.4 Å². The topological polar surface area (TPSA) is 51.1 Å². The fraction of sp³-hybridized carbons (Fsp3) is 0.238. The molecule has 158 valence electrons. The minimum Gasteiger partial charge on any atom is -0.414 e. The molecule has 1 amide bonds. The summed E-state index contributed by atoms with van der Waals surface area (Å²) >= 11 is 5.96. The predicted molar refractivity (Wildman–Crippen MR) is 107 cm³/mol. The van der Waals surface area contributed by atoms with E-state index in [9.17, 15) is 18.0 Å². The number of alkyl halides is 3. The van der Waals surface area contributed by atoms with Gasteiger partial charge < -0.3 is 9.47 Å². The Labute approximate surface area is 176 Å². The van der Waals surface area contributed by atoms with Gasteiger partial charge in [0.1, 0.15) is 5.75 Å². The first-order valence-corrected chi connectivity index (χ1v) is 9.31. The number of amides is 1. The van der Waals surface area contributed by atoms with Crippen LogP contribution in [0.4, 0.5) is 18.0 Å². The number of benzene rings is 2. The molecule has 0 bridgehead atoms. The number of carbonyl (C=O) groups is 1. The second kappa shape index (κ2) is 8.39. The Hall–Kier alpha value is -3.00. The molecule has 1 unspecified atom stereocenters. The average Bonchev–Trinajstić information content (AvgIpc) is 2.77. The van der Waals surface area contributed by atoms with Crippen LogP contribution >= 0.6 is 11.6 Å². The molecule has 0 aromatic heterocycles. The first kappa shape index (κ1) is 21.7. The Morgan fingerprint density at radius 1 is 1.23 bits per heavy atom. The number of fused-ring (bicyclic) bond motifs is 1. The van der Waals surface area contributed by atoms with Crippen molar-refractivity contribution in [1.29, 1.82) is 0 Å². The molecule has 3 rings (SSSR count). The first-order valence-electron chi connectivity index (χ1n) is 8.93. The van der Waals surface area contributed by atoms with Crippen LogP contribution in [0.2, 0.25) is 5.02 Å². The van der Waals surface area contributed by atoms with Gasteiger partial charge in [0.05, 0.1) is 17.5 Å². The van der Waals surface area contributed by atoms with Crippen LogP contribution in [0.3, 0.4) is 0 Å². The van der Waals surface area contributed by atoms with Crippen LogP contribution in [-0.4, -0.2) is 29.2 Å². The molecule has 5 nitrogen and oxygen atoms in total. The van der Waals surface area contributed by atoms with Gasteiger partial charge in [-0.15, -0.1) is 13.2 Å². The molecule has 0 N–H and O–H groups in total. The van der Waals surface area contributed by atoms with E-state index in [2.05, 4.69) is 16.4 Å². The van der Waals surface area contributed by atoms with E-state index in [1.165, 1.54) is 25.1 Å². The largest absolute Gasteiger partial charge is 0.573 e. The van der Waals surface area contributed by atoms with Gasteiger partial charge in [0.25, 0.3) is 0 Å². The number of hydrogen-bond acceptors (Lipinski definition) is 4. The molecule has 1 atom stereocenters. The summed E-state index contributed by atoms with van der Waals surface area (Å²) < 4.78 is 47.3. The molecule has 2 aromatic rings. The summed E-state index contributed by atoms with van der Waals surface area (Å²) in [5, 5.41) is 6.08. The zero-order valence-electron chi connectivity index (χ0n) is 16.2. The van der Waals surface area contributed by atoms with Crippen molar-refractivity contribution in [3.05, 3.63) is 76.5 Å². The van der Waals surface area contributed by atoms with E-state index in [1.54, 1.807) is 31.2 Å². The van der Waals surface area contributed by atoms with Crippen molar-refractivity contribution in [2.75, 3.05) is 0 Å². The molecule has 0 saturated carbocycles. The number of allylic oxidation sites excluding steroid dienone is 1. The average molecular weight is 439 g/mol. The quantitative estimate of drug-likeness (QED) is 0.560. The number of hydrogen-bond donors (Lipinski definition) is 0. The molecule has 0 spiro atoms. The summed E-state index contributed by atoms with van der Waals surface area (Å²) in [5.41, 5.74) is 1.97. The van der Waals surface area contributed by atoms with E-state index in [0.717, 1.165) is 5.01 Å². The van der Waals surface area contributed by atoms with Gasteiger partial charge in [-0.1, -0.05) is 36.4 Å². The van der Waals surface area contributed by atoms with Crippen LogP contribution in [0.5, 0.6) is 5.75 Å². The van der Waals surface area contributed by atoms with Crippen LogP contribution < -0.4 is 4.74 Å². The SMILES string of the molecule is C=C(C)OC(=O)N1N=C(c2ccc(Cl)cc2)c2cc(OC(F)(F)F)ccc2CC1C. The maximum absolute atomic E-state index is 12.7. The fourth-order valence-corrected chi connectivity index (χ4v) is 3.18. The lowest BCUT2D eigenvalue weighted by molar-refractivity contribution is -0.274. The van der Waals surface area contributed by atoms with E-state index in [4.69, 9.17) is 16.3 Å². The second-order valence-electron chi connectivity index (χ2n) is 6.79. The number of nitrogens with zero attached hydrogens (tertiary/aromatic N) is 2.